The first-order valence-electron chi connectivity index (χ1n) is 4.25. The third kappa shape index (κ3) is 8.44. The molecule has 0 aromatic carbocycles. The van der Waals surface area contributed by atoms with E-state index < -0.39 is 33.1 Å². The lowest BCUT2D eigenvalue weighted by atomic mass is 11.2. The first-order valence-corrected chi connectivity index (χ1v) is 11.0. The molecule has 0 aromatic rings. The van der Waals surface area contributed by atoms with Gasteiger partial charge in [0.2, 0.25) is 0 Å². The number of aliphatic hydroxyl groups is 3. The van der Waals surface area contributed by atoms with Gasteiger partial charge in [-0.3, -0.25) is 4.43 Å². The Morgan fingerprint density at radius 3 is 1.75 bits per heavy atom. The molecule has 0 saturated carbocycles. The summed E-state index contributed by atoms with van der Waals surface area (Å²) in [5.74, 6) is 0. The Kier molecular flexibility index (Phi) is 5.39. The van der Waals surface area contributed by atoms with E-state index in [-0.39, 0.29) is 0 Å². The molecule has 0 saturated heterocycles. The van der Waals surface area contributed by atoms with Crippen LogP contribution in [0.3, 0.4) is 0 Å². The number of rotatable bonds is 6. The Labute approximate surface area is 95.7 Å². The van der Waals surface area contributed by atoms with E-state index in [9.17, 15) is 4.80 Å². The van der Waals surface area contributed by atoms with E-state index in [1.54, 1.807) is 13.1 Å². The minimum absolute atomic E-state index is 0.882. The first-order chi connectivity index (χ1) is 6.83. The maximum Gasteiger partial charge on any atom is 0.664 e. The summed E-state index contributed by atoms with van der Waals surface area (Å²) >= 11 is 0. The molecular formula is C4H16O9Si3. The van der Waals surface area contributed by atoms with Crippen molar-refractivity contribution in [3.63, 3.8) is 0 Å². The maximum atomic E-state index is 9.59. The highest BCUT2D eigenvalue weighted by Crippen LogP contribution is 2.16. The van der Waals surface area contributed by atoms with Gasteiger partial charge in [-0.05, 0) is 13.1 Å². The van der Waals surface area contributed by atoms with Crippen molar-refractivity contribution in [2.45, 2.75) is 25.8 Å². The Hall–Kier alpha value is 0.291. The van der Waals surface area contributed by atoms with Crippen LogP contribution >= 0.6 is 0 Å². The van der Waals surface area contributed by atoms with Gasteiger partial charge in [0, 0.05) is 6.55 Å². The third-order valence-electron chi connectivity index (χ3n) is 0.973. The molecule has 0 aliphatic carbocycles. The SMILES string of the molecule is C[SiH](C)O[Si](O)(OC(O)(O)O)O[Si](C)(O)O. The molecule has 0 amide bonds. The Morgan fingerprint density at radius 2 is 1.50 bits per heavy atom. The van der Waals surface area contributed by atoms with Crippen molar-refractivity contribution >= 4 is 26.9 Å². The largest absolute Gasteiger partial charge is 0.664 e. The minimum atomic E-state index is -4.71. The van der Waals surface area contributed by atoms with Crippen LogP contribution in [0, 0.1) is 0 Å². The fraction of sp³-hybridized carbons (Fsp3) is 1.00. The highest BCUT2D eigenvalue weighted by molar-refractivity contribution is 6.73. The number of hydrogen-bond acceptors (Lipinski definition) is 9. The molecule has 0 fully saturated rings. The molecule has 6 N–H and O–H groups in total. The highest BCUT2D eigenvalue weighted by Gasteiger charge is 2.53. The minimum Gasteiger partial charge on any atom is -0.398 e. The van der Waals surface area contributed by atoms with Gasteiger partial charge in [0.25, 0.3) is 0 Å². The smallest absolute Gasteiger partial charge is 0.398 e. The van der Waals surface area contributed by atoms with Gasteiger partial charge in [-0.1, -0.05) is 0 Å². The second-order valence-electron chi connectivity index (χ2n) is 3.40. The van der Waals surface area contributed by atoms with Crippen molar-refractivity contribution < 1.29 is 42.4 Å². The van der Waals surface area contributed by atoms with Gasteiger partial charge in [0.1, 0.15) is 0 Å². The second kappa shape index (κ2) is 5.29. The van der Waals surface area contributed by atoms with Gasteiger partial charge in [-0.25, -0.2) is 0 Å². The molecule has 98 valence electrons. The zero-order valence-corrected chi connectivity index (χ0v) is 12.1. The quantitative estimate of drug-likeness (QED) is 0.217. The molecule has 0 aromatic heterocycles. The van der Waals surface area contributed by atoms with E-state index in [0.717, 1.165) is 6.55 Å². The van der Waals surface area contributed by atoms with Gasteiger partial charge >= 0.3 is 24.0 Å². The van der Waals surface area contributed by atoms with E-state index >= 15 is 0 Å². The van der Waals surface area contributed by atoms with E-state index in [2.05, 4.69) is 8.54 Å². The standard InChI is InChI=1S/C4H16O9Si3/c1-14(2)12-16(10,11-4(5,6)7)13-15(3,8)9/h5-10,14H,1-3H3. The predicted octanol–water partition coefficient (Wildman–Crippen LogP) is -3.41. The molecule has 0 aliphatic heterocycles. The van der Waals surface area contributed by atoms with Crippen molar-refractivity contribution in [2.75, 3.05) is 0 Å². The highest BCUT2D eigenvalue weighted by atomic mass is 28.5. The van der Waals surface area contributed by atoms with Crippen LogP contribution in [0.15, 0.2) is 0 Å². The molecular weight excluding hydrogens is 276 g/mol. The van der Waals surface area contributed by atoms with Crippen molar-refractivity contribution in [2.24, 2.45) is 0 Å². The van der Waals surface area contributed by atoms with Crippen LogP contribution in [0.25, 0.3) is 0 Å². The fourth-order valence-electron chi connectivity index (χ4n) is 0.784. The van der Waals surface area contributed by atoms with Crippen molar-refractivity contribution in [1.29, 1.82) is 0 Å². The van der Waals surface area contributed by atoms with Crippen molar-refractivity contribution in [1.82, 2.24) is 0 Å². The van der Waals surface area contributed by atoms with E-state index in [0.29, 0.717) is 0 Å². The van der Waals surface area contributed by atoms with Crippen LogP contribution in [0.4, 0.5) is 0 Å². The van der Waals surface area contributed by atoms with Crippen LogP contribution in [-0.4, -0.2) is 62.8 Å². The molecule has 0 heterocycles. The van der Waals surface area contributed by atoms with Crippen molar-refractivity contribution in [3.8, 4) is 0 Å². The van der Waals surface area contributed by atoms with Crippen LogP contribution in [0.1, 0.15) is 0 Å². The average molecular weight is 292 g/mol. The summed E-state index contributed by atoms with van der Waals surface area (Å²) in [7, 11) is -10.9. The van der Waals surface area contributed by atoms with Gasteiger partial charge < -0.3 is 37.9 Å². The molecule has 0 bridgehead atoms. The van der Waals surface area contributed by atoms with E-state index in [1.165, 1.54) is 0 Å². The summed E-state index contributed by atoms with van der Waals surface area (Å²) in [5, 5.41) is 25.6. The van der Waals surface area contributed by atoms with Gasteiger partial charge in [-0.15, -0.1) is 0 Å². The molecule has 9 nitrogen and oxygen atoms in total. The molecule has 0 aliphatic rings. The monoisotopic (exact) mass is 292 g/mol. The molecule has 0 spiro atoms. The van der Waals surface area contributed by atoms with Crippen LogP contribution < -0.4 is 0 Å². The lowest BCUT2D eigenvalue weighted by Crippen LogP contribution is -2.60. The van der Waals surface area contributed by atoms with Crippen LogP contribution in [-0.2, 0) is 12.7 Å². The normalized spacial score (nSPS) is 17.6. The third-order valence-corrected chi connectivity index (χ3v) is 7.16. The topological polar surface area (TPSA) is 149 Å². The molecule has 16 heavy (non-hydrogen) atoms. The van der Waals surface area contributed by atoms with Crippen LogP contribution in [0.5, 0.6) is 0 Å². The Morgan fingerprint density at radius 1 is 1.06 bits per heavy atom. The summed E-state index contributed by atoms with van der Waals surface area (Å²) in [6.45, 7) is 4.06. The molecule has 0 radical (unpaired) electrons. The Bertz CT molecular complexity index is 204. The zero-order valence-electron chi connectivity index (χ0n) is 8.99. The second-order valence-corrected chi connectivity index (χ2v) is 10.4. The van der Waals surface area contributed by atoms with Crippen molar-refractivity contribution in [3.05, 3.63) is 0 Å². The number of hydrogen-bond donors (Lipinski definition) is 6. The zero-order chi connectivity index (χ0) is 13.2. The average Bonchev–Trinajstić information content (AvgIpc) is 1.69. The summed E-state index contributed by atoms with van der Waals surface area (Å²) < 4.78 is 13.2. The molecule has 12 heteroatoms. The van der Waals surface area contributed by atoms with E-state index in [1.807, 2.05) is 0 Å². The molecule has 0 rings (SSSR count). The van der Waals surface area contributed by atoms with Crippen LogP contribution in [0.2, 0.25) is 19.6 Å². The summed E-state index contributed by atoms with van der Waals surface area (Å²) in [4.78, 5) is 27.6. The lowest BCUT2D eigenvalue weighted by Gasteiger charge is -2.30. The van der Waals surface area contributed by atoms with Gasteiger partial charge in [-0.2, -0.15) is 0 Å². The first kappa shape index (κ1) is 16.3. The fourth-order valence-corrected chi connectivity index (χ4v) is 6.45. The van der Waals surface area contributed by atoms with Gasteiger partial charge in [0.15, 0.2) is 9.04 Å². The maximum absolute atomic E-state index is 9.59. The lowest BCUT2D eigenvalue weighted by molar-refractivity contribution is -0.435. The summed E-state index contributed by atoms with van der Waals surface area (Å²) in [6, 6.07) is 0. The molecule has 1 unspecified atom stereocenters. The molecule has 1 atom stereocenters. The summed E-state index contributed by atoms with van der Waals surface area (Å²) in [6.07, 6.45) is -3.68. The Balaban J connectivity index is 4.75. The predicted molar refractivity (Wildman–Crippen MR) is 55.5 cm³/mol. The van der Waals surface area contributed by atoms with Gasteiger partial charge in [0.05, 0.1) is 0 Å². The van der Waals surface area contributed by atoms with E-state index in [4.69, 9.17) is 29.0 Å². The summed E-state index contributed by atoms with van der Waals surface area (Å²) in [5.41, 5.74) is 0.